The summed E-state index contributed by atoms with van der Waals surface area (Å²) in [5.74, 6) is 0.341. The van der Waals surface area contributed by atoms with E-state index >= 15 is 0 Å². The zero-order valence-corrected chi connectivity index (χ0v) is 21.1. The molecule has 0 spiro atoms. The summed E-state index contributed by atoms with van der Waals surface area (Å²) in [6, 6.07) is 13.6. The van der Waals surface area contributed by atoms with Crippen LogP contribution in [0.25, 0.3) is 0 Å². The van der Waals surface area contributed by atoms with Gasteiger partial charge in [0.15, 0.2) is 0 Å². The fourth-order valence-corrected chi connectivity index (χ4v) is 5.56. The second kappa shape index (κ2) is 10.1. The number of benzene rings is 2. The summed E-state index contributed by atoms with van der Waals surface area (Å²) in [7, 11) is -3.73. The molecule has 0 amide bonds. The Morgan fingerprint density at radius 3 is 2.34 bits per heavy atom. The molecule has 0 radical (unpaired) electrons. The van der Waals surface area contributed by atoms with Crippen molar-refractivity contribution in [3.8, 4) is 0 Å². The third-order valence-corrected chi connectivity index (χ3v) is 7.69. The van der Waals surface area contributed by atoms with Gasteiger partial charge in [0.2, 0.25) is 0 Å². The van der Waals surface area contributed by atoms with E-state index in [4.69, 9.17) is 28.2 Å². The lowest BCUT2D eigenvalue weighted by Crippen LogP contribution is -2.45. The maximum Gasteiger partial charge on any atom is 0.322 e. The molecule has 6 nitrogen and oxygen atoms in total. The summed E-state index contributed by atoms with van der Waals surface area (Å²) in [6.45, 7) is 2.72. The Hall–Kier alpha value is -1.58. The van der Waals surface area contributed by atoms with Gasteiger partial charge in [-0.05, 0) is 48.2 Å². The van der Waals surface area contributed by atoms with E-state index in [1.54, 1.807) is 24.3 Å². The fourth-order valence-electron chi connectivity index (χ4n) is 3.85. The maximum atomic E-state index is 12.3. The van der Waals surface area contributed by atoms with Gasteiger partial charge in [-0.3, -0.25) is 19.3 Å². The molecule has 1 saturated heterocycles. The third kappa shape index (κ3) is 6.26. The van der Waals surface area contributed by atoms with Crippen LogP contribution in [0.5, 0.6) is 0 Å². The van der Waals surface area contributed by atoms with E-state index in [-0.39, 0.29) is 12.5 Å². The van der Waals surface area contributed by atoms with Gasteiger partial charge in [-0.25, -0.2) is 0 Å². The average molecular weight is 558 g/mol. The van der Waals surface area contributed by atoms with Gasteiger partial charge in [0.25, 0.3) is 0 Å². The Morgan fingerprint density at radius 2 is 1.69 bits per heavy atom. The van der Waals surface area contributed by atoms with Crippen LogP contribution in [0.1, 0.15) is 24.0 Å². The minimum atomic E-state index is -3.73. The van der Waals surface area contributed by atoms with Crippen molar-refractivity contribution >= 4 is 55.2 Å². The lowest BCUT2D eigenvalue weighted by atomic mass is 10.0. The molecule has 1 fully saturated rings. The molecular formula is C22H23BrCl2N4O2S. The molecule has 2 heterocycles. The summed E-state index contributed by atoms with van der Waals surface area (Å²) in [4.78, 5) is 7.09. The number of allylic oxidation sites excluding steroid dienone is 1. The Kier molecular flexibility index (Phi) is 7.47. The molecule has 2 aromatic carbocycles. The van der Waals surface area contributed by atoms with Crippen LogP contribution in [0, 0.1) is 0 Å². The minimum Gasteiger partial charge on any atom is -0.299 e. The number of rotatable bonds is 5. The molecule has 0 bridgehead atoms. The predicted molar refractivity (Wildman–Crippen MR) is 133 cm³/mol. The first-order valence-electron chi connectivity index (χ1n) is 10.3. The molecule has 2 aromatic rings. The number of nitrogens with zero attached hydrogens (tertiary/aromatic N) is 2. The summed E-state index contributed by atoms with van der Waals surface area (Å²) in [5, 5.41) is 0.987. The highest BCUT2D eigenvalue weighted by atomic mass is 79.9. The average Bonchev–Trinajstić information content (AvgIpc) is 2.73. The van der Waals surface area contributed by atoms with Crippen molar-refractivity contribution in [3.05, 3.63) is 79.9 Å². The Morgan fingerprint density at radius 1 is 1.03 bits per heavy atom. The number of aliphatic imine (C=N–C) groups is 1. The van der Waals surface area contributed by atoms with Gasteiger partial charge in [-0.15, -0.1) is 0 Å². The van der Waals surface area contributed by atoms with Crippen LogP contribution in [0.3, 0.4) is 0 Å². The number of piperidine rings is 1. The van der Waals surface area contributed by atoms with Crippen LogP contribution in [-0.4, -0.2) is 38.3 Å². The fraction of sp³-hybridized carbons (Fsp3) is 0.318. The second-order valence-electron chi connectivity index (χ2n) is 7.90. The van der Waals surface area contributed by atoms with Gasteiger partial charge in [-0.2, -0.15) is 8.42 Å². The SMILES string of the molecule is O=S1(=O)NC(Cc2c(Cl)cccc2Cl)=CC(=NC2CCN(Cc3ccc(Br)cc3)CC2)N1. The number of hydrogen-bond donors (Lipinski definition) is 2. The van der Waals surface area contributed by atoms with E-state index in [0.717, 1.165) is 36.9 Å². The van der Waals surface area contributed by atoms with Crippen LogP contribution in [0.2, 0.25) is 10.0 Å². The quantitative estimate of drug-likeness (QED) is 0.560. The number of halogens is 3. The summed E-state index contributed by atoms with van der Waals surface area (Å²) >= 11 is 16.0. The van der Waals surface area contributed by atoms with Crippen LogP contribution >= 0.6 is 39.1 Å². The van der Waals surface area contributed by atoms with Crippen LogP contribution < -0.4 is 9.44 Å². The third-order valence-electron chi connectivity index (χ3n) is 5.44. The summed E-state index contributed by atoms with van der Waals surface area (Å²) in [6.07, 6.45) is 3.72. The molecule has 0 aromatic heterocycles. The van der Waals surface area contributed by atoms with E-state index in [1.807, 2.05) is 0 Å². The highest BCUT2D eigenvalue weighted by Crippen LogP contribution is 2.27. The Bertz CT molecular complexity index is 1120. The van der Waals surface area contributed by atoms with Gasteiger partial charge in [-0.1, -0.05) is 57.3 Å². The van der Waals surface area contributed by atoms with E-state index in [1.165, 1.54) is 5.56 Å². The molecule has 0 atom stereocenters. The topological polar surface area (TPSA) is 73.8 Å². The predicted octanol–water partition coefficient (Wildman–Crippen LogP) is 4.68. The zero-order valence-electron chi connectivity index (χ0n) is 17.2. The number of likely N-dealkylation sites (tertiary alicyclic amines) is 1. The van der Waals surface area contributed by atoms with E-state index in [0.29, 0.717) is 27.1 Å². The zero-order chi connectivity index (χ0) is 22.7. The number of nitrogens with one attached hydrogen (secondary N) is 2. The molecule has 4 rings (SSSR count). The van der Waals surface area contributed by atoms with E-state index < -0.39 is 10.2 Å². The smallest absolute Gasteiger partial charge is 0.299 e. The molecule has 0 aliphatic carbocycles. The molecule has 170 valence electrons. The normalized spacial score (nSPS) is 20.5. The molecule has 0 saturated carbocycles. The number of amidine groups is 1. The largest absolute Gasteiger partial charge is 0.322 e. The minimum absolute atomic E-state index is 0.0633. The Balaban J connectivity index is 1.42. The lowest BCUT2D eigenvalue weighted by Gasteiger charge is -2.31. The molecule has 32 heavy (non-hydrogen) atoms. The van der Waals surface area contributed by atoms with Crippen molar-refractivity contribution in [1.29, 1.82) is 0 Å². The monoisotopic (exact) mass is 556 g/mol. The van der Waals surface area contributed by atoms with E-state index in [2.05, 4.69) is 54.5 Å². The van der Waals surface area contributed by atoms with Gasteiger partial charge in [0.05, 0.1) is 6.04 Å². The van der Waals surface area contributed by atoms with Gasteiger partial charge >= 0.3 is 10.2 Å². The van der Waals surface area contributed by atoms with Crippen molar-refractivity contribution in [2.75, 3.05) is 13.1 Å². The first-order chi connectivity index (χ1) is 15.3. The van der Waals surface area contributed by atoms with Gasteiger partial charge in [0.1, 0.15) is 5.84 Å². The van der Waals surface area contributed by atoms with Gasteiger partial charge < -0.3 is 0 Å². The van der Waals surface area contributed by atoms with E-state index in [9.17, 15) is 8.42 Å². The Labute approximate surface area is 207 Å². The molecular weight excluding hydrogens is 535 g/mol. The first kappa shape index (κ1) is 23.6. The van der Waals surface area contributed by atoms with Crippen LogP contribution in [0.4, 0.5) is 0 Å². The first-order valence-corrected chi connectivity index (χ1v) is 13.3. The highest BCUT2D eigenvalue weighted by Gasteiger charge is 2.24. The molecule has 0 unspecified atom stereocenters. The standard InChI is InChI=1S/C22H23BrCl2N4O2S/c23-16-6-4-15(5-7-16)14-29-10-8-17(9-11-29)26-22-13-18(27-32(30,31)28-22)12-19-20(24)2-1-3-21(19)25/h1-7,13,17,27H,8-12,14H2,(H,26,28). The van der Waals surface area contributed by atoms with Crippen molar-refractivity contribution in [2.24, 2.45) is 4.99 Å². The molecule has 2 aliphatic heterocycles. The van der Waals surface area contributed by atoms with Crippen LogP contribution in [-0.2, 0) is 23.2 Å². The summed E-state index contributed by atoms with van der Waals surface area (Å²) in [5.41, 5.74) is 2.42. The van der Waals surface area contributed by atoms with Crippen molar-refractivity contribution < 1.29 is 8.42 Å². The van der Waals surface area contributed by atoms with Crippen LogP contribution in [0.15, 0.2) is 63.7 Å². The molecule has 2 aliphatic rings. The second-order valence-corrected chi connectivity index (χ2v) is 11.0. The maximum absolute atomic E-state index is 12.3. The number of hydrogen-bond acceptors (Lipinski definition) is 4. The molecule has 2 N–H and O–H groups in total. The molecule has 10 heteroatoms. The highest BCUT2D eigenvalue weighted by molar-refractivity contribution is 9.10. The van der Waals surface area contributed by atoms with Crippen molar-refractivity contribution in [2.45, 2.75) is 31.8 Å². The van der Waals surface area contributed by atoms with Crippen molar-refractivity contribution in [1.82, 2.24) is 14.3 Å². The summed E-state index contributed by atoms with van der Waals surface area (Å²) < 4.78 is 30.7. The lowest BCUT2D eigenvalue weighted by molar-refractivity contribution is 0.206. The van der Waals surface area contributed by atoms with Gasteiger partial charge in [0, 0.05) is 52.3 Å². The van der Waals surface area contributed by atoms with Crippen molar-refractivity contribution in [3.63, 3.8) is 0 Å².